The maximum Gasteiger partial charge on any atom is 0.0999 e. The van der Waals surface area contributed by atoms with Crippen LogP contribution in [0.3, 0.4) is 0 Å². The molecular weight excluding hydrogens is 290 g/mol. The largest absolute Gasteiger partial charge is 0.280 e. The van der Waals surface area contributed by atoms with Crippen LogP contribution in [0.4, 0.5) is 0 Å². The molecule has 0 aliphatic heterocycles. The van der Waals surface area contributed by atoms with Gasteiger partial charge in [-0.15, -0.1) is 0 Å². The Kier molecular flexibility index (Phi) is 5.22. The van der Waals surface area contributed by atoms with E-state index in [0.29, 0.717) is 5.92 Å². The molecule has 0 amide bonds. The lowest BCUT2D eigenvalue weighted by molar-refractivity contribution is 0.866. The van der Waals surface area contributed by atoms with Gasteiger partial charge >= 0.3 is 0 Å². The van der Waals surface area contributed by atoms with E-state index in [9.17, 15) is 0 Å². The molecule has 0 spiro atoms. The van der Waals surface area contributed by atoms with E-state index < -0.39 is 0 Å². The van der Waals surface area contributed by atoms with Crippen molar-refractivity contribution in [3.8, 4) is 0 Å². The summed E-state index contributed by atoms with van der Waals surface area (Å²) in [6.07, 6.45) is 1.98. The number of hydrogen-bond acceptors (Lipinski definition) is 1. The summed E-state index contributed by atoms with van der Waals surface area (Å²) in [7, 11) is 0. The summed E-state index contributed by atoms with van der Waals surface area (Å²) in [5.41, 5.74) is 4.91. The molecule has 0 bridgehead atoms. The second-order valence-corrected chi connectivity index (χ2v) is 6.32. The van der Waals surface area contributed by atoms with E-state index in [-0.39, 0.29) is 6.04 Å². The molecule has 3 rings (SSSR count). The molecule has 120 valence electrons. The Bertz CT molecular complexity index is 732. The molecule has 0 heterocycles. The number of hydrogen-bond donors (Lipinski definition) is 0. The minimum atomic E-state index is 0.0252. The SMILES string of the molecule is CC(C)c1ccc(C=NC(c2ccccc2)c2ccccc2)cc1. The standard InChI is InChI=1S/C23H23N/c1-18(2)20-15-13-19(14-16-20)17-24-23(21-9-5-3-6-10-21)22-11-7-4-8-12-22/h3-18,23H,1-2H3. The number of rotatable bonds is 5. The molecule has 0 saturated heterocycles. The van der Waals surface area contributed by atoms with Crippen molar-refractivity contribution < 1.29 is 0 Å². The Balaban J connectivity index is 1.89. The van der Waals surface area contributed by atoms with Crippen LogP contribution in [0, 0.1) is 0 Å². The number of benzene rings is 3. The molecule has 1 nitrogen and oxygen atoms in total. The first-order valence-corrected chi connectivity index (χ1v) is 8.47. The van der Waals surface area contributed by atoms with Gasteiger partial charge in [-0.05, 0) is 28.2 Å². The van der Waals surface area contributed by atoms with Crippen LogP contribution >= 0.6 is 0 Å². The first-order valence-electron chi connectivity index (χ1n) is 8.47. The van der Waals surface area contributed by atoms with E-state index >= 15 is 0 Å². The lowest BCUT2D eigenvalue weighted by Crippen LogP contribution is -1.99. The fourth-order valence-corrected chi connectivity index (χ4v) is 2.76. The van der Waals surface area contributed by atoms with Gasteiger partial charge in [0.25, 0.3) is 0 Å². The molecular formula is C23H23N. The van der Waals surface area contributed by atoms with Gasteiger partial charge in [-0.3, -0.25) is 4.99 Å². The zero-order chi connectivity index (χ0) is 16.8. The summed E-state index contributed by atoms with van der Waals surface area (Å²) < 4.78 is 0. The lowest BCUT2D eigenvalue weighted by atomic mass is 9.99. The van der Waals surface area contributed by atoms with Crippen LogP contribution in [0.25, 0.3) is 0 Å². The zero-order valence-electron chi connectivity index (χ0n) is 14.3. The molecule has 1 heteroatoms. The molecule has 0 aliphatic carbocycles. The van der Waals surface area contributed by atoms with Crippen LogP contribution in [0.15, 0.2) is 89.9 Å². The van der Waals surface area contributed by atoms with E-state index in [1.165, 1.54) is 16.7 Å². The van der Waals surface area contributed by atoms with Crippen molar-refractivity contribution in [2.75, 3.05) is 0 Å². The van der Waals surface area contributed by atoms with E-state index in [1.54, 1.807) is 0 Å². The fourth-order valence-electron chi connectivity index (χ4n) is 2.76. The first-order chi connectivity index (χ1) is 11.7. The predicted octanol–water partition coefficient (Wildman–Crippen LogP) is 6.02. The molecule has 0 aliphatic rings. The van der Waals surface area contributed by atoms with Crippen LogP contribution in [0.1, 0.15) is 48.1 Å². The van der Waals surface area contributed by atoms with Crippen molar-refractivity contribution >= 4 is 6.21 Å². The molecule has 0 atom stereocenters. The van der Waals surface area contributed by atoms with Gasteiger partial charge in [-0.1, -0.05) is 98.8 Å². The molecule has 0 aromatic heterocycles. The van der Waals surface area contributed by atoms with Crippen LogP contribution < -0.4 is 0 Å². The average molecular weight is 313 g/mol. The third-order valence-corrected chi connectivity index (χ3v) is 4.21. The molecule has 0 unspecified atom stereocenters. The lowest BCUT2D eigenvalue weighted by Gasteiger charge is -2.13. The monoisotopic (exact) mass is 313 g/mol. The van der Waals surface area contributed by atoms with E-state index in [1.807, 2.05) is 18.3 Å². The Morgan fingerprint density at radius 2 is 1.12 bits per heavy atom. The Morgan fingerprint density at radius 1 is 0.625 bits per heavy atom. The molecule has 0 fully saturated rings. The van der Waals surface area contributed by atoms with Gasteiger partial charge in [0.2, 0.25) is 0 Å². The summed E-state index contributed by atoms with van der Waals surface area (Å²) in [5.74, 6) is 0.553. The molecule has 0 N–H and O–H groups in total. The zero-order valence-corrected chi connectivity index (χ0v) is 14.3. The Hall–Kier alpha value is -2.67. The Labute approximate surface area is 144 Å². The van der Waals surface area contributed by atoms with Crippen molar-refractivity contribution in [3.63, 3.8) is 0 Å². The highest BCUT2D eigenvalue weighted by atomic mass is 14.8. The van der Waals surface area contributed by atoms with Gasteiger partial charge in [0.05, 0.1) is 6.04 Å². The summed E-state index contributed by atoms with van der Waals surface area (Å²) in [5, 5.41) is 0. The van der Waals surface area contributed by atoms with E-state index in [0.717, 1.165) is 5.56 Å². The number of aliphatic imine (C=N–C) groups is 1. The van der Waals surface area contributed by atoms with Gasteiger partial charge in [-0.25, -0.2) is 0 Å². The van der Waals surface area contributed by atoms with Crippen molar-refractivity contribution in [1.29, 1.82) is 0 Å². The van der Waals surface area contributed by atoms with Crippen molar-refractivity contribution in [2.45, 2.75) is 25.8 Å². The highest BCUT2D eigenvalue weighted by Gasteiger charge is 2.11. The minimum absolute atomic E-state index is 0.0252. The van der Waals surface area contributed by atoms with Crippen molar-refractivity contribution in [1.82, 2.24) is 0 Å². The summed E-state index contributed by atoms with van der Waals surface area (Å²) >= 11 is 0. The third kappa shape index (κ3) is 3.99. The van der Waals surface area contributed by atoms with Gasteiger partial charge in [-0.2, -0.15) is 0 Å². The maximum absolute atomic E-state index is 4.88. The minimum Gasteiger partial charge on any atom is -0.280 e. The van der Waals surface area contributed by atoms with Crippen LogP contribution in [0.2, 0.25) is 0 Å². The quantitative estimate of drug-likeness (QED) is 0.511. The molecule has 3 aromatic rings. The second kappa shape index (κ2) is 7.74. The van der Waals surface area contributed by atoms with Gasteiger partial charge in [0.15, 0.2) is 0 Å². The maximum atomic E-state index is 4.88. The second-order valence-electron chi connectivity index (χ2n) is 6.32. The summed E-state index contributed by atoms with van der Waals surface area (Å²) in [6, 6.07) is 29.6. The predicted molar refractivity (Wildman–Crippen MR) is 103 cm³/mol. The average Bonchev–Trinajstić information content (AvgIpc) is 2.64. The van der Waals surface area contributed by atoms with Crippen LogP contribution in [0.5, 0.6) is 0 Å². The van der Waals surface area contributed by atoms with Gasteiger partial charge in [0, 0.05) is 6.21 Å². The molecule has 0 radical (unpaired) electrons. The Morgan fingerprint density at radius 3 is 1.58 bits per heavy atom. The fraction of sp³-hybridized carbons (Fsp3) is 0.174. The van der Waals surface area contributed by atoms with Crippen LogP contribution in [-0.2, 0) is 0 Å². The van der Waals surface area contributed by atoms with Crippen molar-refractivity contribution in [2.24, 2.45) is 4.99 Å². The van der Waals surface area contributed by atoms with E-state index in [4.69, 9.17) is 4.99 Å². The van der Waals surface area contributed by atoms with Gasteiger partial charge in [0.1, 0.15) is 0 Å². The highest BCUT2D eigenvalue weighted by molar-refractivity contribution is 5.80. The molecule has 3 aromatic carbocycles. The summed E-state index contributed by atoms with van der Waals surface area (Å²) in [6.45, 7) is 4.42. The topological polar surface area (TPSA) is 12.4 Å². The summed E-state index contributed by atoms with van der Waals surface area (Å²) in [4.78, 5) is 4.88. The molecule has 0 saturated carbocycles. The van der Waals surface area contributed by atoms with Crippen LogP contribution in [-0.4, -0.2) is 6.21 Å². The van der Waals surface area contributed by atoms with E-state index in [2.05, 4.69) is 86.6 Å². The molecule has 24 heavy (non-hydrogen) atoms. The van der Waals surface area contributed by atoms with Crippen molar-refractivity contribution in [3.05, 3.63) is 107 Å². The first kappa shape index (κ1) is 16.2. The normalized spacial score (nSPS) is 11.5. The number of nitrogens with zero attached hydrogens (tertiary/aromatic N) is 1. The van der Waals surface area contributed by atoms with Gasteiger partial charge < -0.3 is 0 Å². The smallest absolute Gasteiger partial charge is 0.0999 e. The highest BCUT2D eigenvalue weighted by Crippen LogP contribution is 2.25. The third-order valence-electron chi connectivity index (χ3n) is 4.21.